The number of aromatic hydroxyl groups is 2. The summed E-state index contributed by atoms with van der Waals surface area (Å²) in [4.78, 5) is 0. The second-order valence-electron chi connectivity index (χ2n) is 9.17. The van der Waals surface area contributed by atoms with Crippen molar-refractivity contribution >= 4 is 21.5 Å². The highest BCUT2D eigenvalue weighted by molar-refractivity contribution is 5.97. The fraction of sp³-hybridized carbons (Fsp3) is 0.161. The smallest absolute Gasteiger partial charge is 0.132 e. The molecule has 5 aromatic carbocycles. The molecule has 1 heterocycles. The second-order valence-corrected chi connectivity index (χ2v) is 9.17. The van der Waals surface area contributed by atoms with Crippen LogP contribution in [0.4, 0.5) is 0 Å². The van der Waals surface area contributed by atoms with Gasteiger partial charge in [-0.3, -0.25) is 0 Å². The average Bonchev–Trinajstić information content (AvgIpc) is 2.86. The van der Waals surface area contributed by atoms with Crippen LogP contribution in [0.3, 0.4) is 0 Å². The molecular weight excluding hydrogens is 420 g/mol. The standard InChI is InChI=1S/C31H26O3/c1-2-3-17-31(22-7-5-4-6-8-22)29-25-13-11-23(32)18-20(25)9-15-27(29)34-28-16-10-21-19-24(33)12-14-26(21)30(28)31/h4-16,18-19,32-33H,2-3,17H2,1H3. The Labute approximate surface area is 198 Å². The van der Waals surface area contributed by atoms with E-state index in [0.717, 1.165) is 63.4 Å². The van der Waals surface area contributed by atoms with Crippen LogP contribution in [0.15, 0.2) is 91.0 Å². The number of unbranched alkanes of at least 4 members (excludes halogenated alkanes) is 1. The van der Waals surface area contributed by atoms with Gasteiger partial charge in [0.1, 0.15) is 23.0 Å². The highest BCUT2D eigenvalue weighted by Crippen LogP contribution is 2.58. The number of phenols is 2. The molecule has 1 aliphatic rings. The molecule has 0 radical (unpaired) electrons. The van der Waals surface area contributed by atoms with E-state index in [1.165, 1.54) is 5.56 Å². The van der Waals surface area contributed by atoms with Crippen LogP contribution < -0.4 is 4.74 Å². The minimum Gasteiger partial charge on any atom is -0.508 e. The van der Waals surface area contributed by atoms with E-state index in [2.05, 4.69) is 37.3 Å². The Hall–Kier alpha value is -3.98. The Morgan fingerprint density at radius 2 is 1.24 bits per heavy atom. The molecule has 1 aliphatic heterocycles. The summed E-state index contributed by atoms with van der Waals surface area (Å²) in [5.74, 6) is 2.21. The number of hydrogen-bond acceptors (Lipinski definition) is 3. The highest BCUT2D eigenvalue weighted by atomic mass is 16.5. The lowest BCUT2D eigenvalue weighted by Gasteiger charge is -2.42. The summed E-state index contributed by atoms with van der Waals surface area (Å²) in [6.45, 7) is 2.22. The lowest BCUT2D eigenvalue weighted by atomic mass is 9.63. The van der Waals surface area contributed by atoms with Gasteiger partial charge in [0.2, 0.25) is 0 Å². The fourth-order valence-electron chi connectivity index (χ4n) is 5.74. The van der Waals surface area contributed by atoms with Crippen molar-refractivity contribution in [3.63, 3.8) is 0 Å². The molecule has 0 fully saturated rings. The van der Waals surface area contributed by atoms with E-state index < -0.39 is 5.41 Å². The molecule has 0 saturated carbocycles. The van der Waals surface area contributed by atoms with Crippen molar-refractivity contribution in [1.29, 1.82) is 0 Å². The van der Waals surface area contributed by atoms with Gasteiger partial charge in [0.15, 0.2) is 0 Å². The SMILES string of the molecule is CCCCC1(c2ccccc2)c2c(ccc3cc(O)ccc23)Oc2ccc3cc(O)ccc3c21. The van der Waals surface area contributed by atoms with E-state index in [9.17, 15) is 10.2 Å². The lowest BCUT2D eigenvalue weighted by molar-refractivity contribution is 0.406. The molecule has 3 heteroatoms. The lowest BCUT2D eigenvalue weighted by Crippen LogP contribution is -2.33. The molecule has 0 aliphatic carbocycles. The Bertz CT molecular complexity index is 1440. The van der Waals surface area contributed by atoms with Gasteiger partial charge < -0.3 is 14.9 Å². The zero-order valence-electron chi connectivity index (χ0n) is 19.1. The van der Waals surface area contributed by atoms with Gasteiger partial charge in [-0.15, -0.1) is 0 Å². The maximum absolute atomic E-state index is 10.2. The number of hydrogen-bond donors (Lipinski definition) is 2. The first-order chi connectivity index (χ1) is 16.6. The topological polar surface area (TPSA) is 49.7 Å². The van der Waals surface area contributed by atoms with Crippen molar-refractivity contribution in [3.05, 3.63) is 108 Å². The summed E-state index contributed by atoms with van der Waals surface area (Å²) in [6, 6.07) is 30.0. The molecule has 34 heavy (non-hydrogen) atoms. The number of rotatable bonds is 4. The highest BCUT2D eigenvalue weighted by Gasteiger charge is 2.45. The molecule has 0 atom stereocenters. The normalized spacial score (nSPS) is 13.9. The first-order valence-corrected chi connectivity index (χ1v) is 11.9. The predicted octanol–water partition coefficient (Wildman–Crippen LogP) is 8.03. The maximum atomic E-state index is 10.2. The molecule has 5 aromatic rings. The van der Waals surface area contributed by atoms with Crippen LogP contribution in [-0.4, -0.2) is 10.2 Å². The van der Waals surface area contributed by atoms with Crippen LogP contribution in [0.1, 0.15) is 42.9 Å². The summed E-state index contributed by atoms with van der Waals surface area (Å²) >= 11 is 0. The van der Waals surface area contributed by atoms with E-state index in [1.807, 2.05) is 48.5 Å². The van der Waals surface area contributed by atoms with E-state index >= 15 is 0 Å². The summed E-state index contributed by atoms with van der Waals surface area (Å²) in [6.07, 6.45) is 3.02. The van der Waals surface area contributed by atoms with Crippen LogP contribution in [0.5, 0.6) is 23.0 Å². The van der Waals surface area contributed by atoms with Crippen LogP contribution in [0.2, 0.25) is 0 Å². The number of fused-ring (bicyclic) bond motifs is 6. The van der Waals surface area contributed by atoms with Gasteiger partial charge in [0.05, 0.1) is 5.41 Å². The third-order valence-corrected chi connectivity index (χ3v) is 7.18. The molecule has 0 bridgehead atoms. The second kappa shape index (κ2) is 7.81. The number of phenolic OH excluding ortho intramolecular Hbond substituents is 2. The molecule has 2 N–H and O–H groups in total. The fourth-order valence-corrected chi connectivity index (χ4v) is 5.74. The summed E-state index contributed by atoms with van der Waals surface area (Å²) in [5, 5.41) is 24.5. The first-order valence-electron chi connectivity index (χ1n) is 11.9. The molecule has 168 valence electrons. The van der Waals surface area contributed by atoms with Crippen molar-refractivity contribution in [3.8, 4) is 23.0 Å². The average molecular weight is 447 g/mol. The van der Waals surface area contributed by atoms with Gasteiger partial charge in [-0.1, -0.05) is 74.4 Å². The maximum Gasteiger partial charge on any atom is 0.132 e. The minimum absolute atomic E-state index is 0.254. The molecule has 0 amide bonds. The molecule has 0 saturated heterocycles. The Morgan fingerprint density at radius 3 is 1.76 bits per heavy atom. The molecule has 0 unspecified atom stereocenters. The first kappa shape index (κ1) is 20.6. The van der Waals surface area contributed by atoms with E-state index in [0.29, 0.717) is 0 Å². The minimum atomic E-state index is -0.451. The van der Waals surface area contributed by atoms with Gasteiger partial charge in [0.25, 0.3) is 0 Å². The number of ether oxygens (including phenoxy) is 1. The van der Waals surface area contributed by atoms with Gasteiger partial charge >= 0.3 is 0 Å². The Morgan fingerprint density at radius 1 is 0.676 bits per heavy atom. The van der Waals surface area contributed by atoms with Crippen molar-refractivity contribution in [2.75, 3.05) is 0 Å². The largest absolute Gasteiger partial charge is 0.508 e. The molecule has 0 spiro atoms. The van der Waals surface area contributed by atoms with Crippen molar-refractivity contribution < 1.29 is 14.9 Å². The molecule has 3 nitrogen and oxygen atoms in total. The van der Waals surface area contributed by atoms with E-state index in [1.54, 1.807) is 12.1 Å². The number of benzene rings is 5. The zero-order chi connectivity index (χ0) is 23.3. The predicted molar refractivity (Wildman–Crippen MR) is 137 cm³/mol. The van der Waals surface area contributed by atoms with Crippen LogP contribution in [-0.2, 0) is 5.41 Å². The van der Waals surface area contributed by atoms with Crippen LogP contribution in [0.25, 0.3) is 21.5 Å². The summed E-state index contributed by atoms with van der Waals surface area (Å²) < 4.78 is 6.59. The van der Waals surface area contributed by atoms with Gasteiger partial charge in [0, 0.05) is 11.1 Å². The van der Waals surface area contributed by atoms with Gasteiger partial charge in [-0.25, -0.2) is 0 Å². The zero-order valence-corrected chi connectivity index (χ0v) is 19.1. The van der Waals surface area contributed by atoms with Crippen molar-refractivity contribution in [2.45, 2.75) is 31.6 Å². The quantitative estimate of drug-likeness (QED) is 0.294. The summed E-state index contributed by atoms with van der Waals surface area (Å²) in [7, 11) is 0. The summed E-state index contributed by atoms with van der Waals surface area (Å²) in [5.41, 5.74) is 3.04. The Kier molecular flexibility index (Phi) is 4.73. The molecule has 0 aromatic heterocycles. The van der Waals surface area contributed by atoms with Crippen LogP contribution in [0, 0.1) is 0 Å². The van der Waals surface area contributed by atoms with Gasteiger partial charge in [-0.2, -0.15) is 0 Å². The van der Waals surface area contributed by atoms with Crippen LogP contribution >= 0.6 is 0 Å². The Balaban J connectivity index is 1.82. The molecule has 6 rings (SSSR count). The monoisotopic (exact) mass is 446 g/mol. The third kappa shape index (κ3) is 2.97. The van der Waals surface area contributed by atoms with Crippen molar-refractivity contribution in [1.82, 2.24) is 0 Å². The third-order valence-electron chi connectivity index (χ3n) is 7.18. The van der Waals surface area contributed by atoms with Crippen molar-refractivity contribution in [2.24, 2.45) is 0 Å². The van der Waals surface area contributed by atoms with Gasteiger partial charge in [-0.05, 0) is 69.9 Å². The van der Waals surface area contributed by atoms with E-state index in [4.69, 9.17) is 4.74 Å². The van der Waals surface area contributed by atoms with E-state index in [-0.39, 0.29) is 11.5 Å². The molecular formula is C31H26O3.